The Balaban J connectivity index is 2.67. The Kier molecular flexibility index (Phi) is 7.29. The van der Waals surface area contributed by atoms with Crippen molar-refractivity contribution in [3.63, 3.8) is 0 Å². The summed E-state index contributed by atoms with van der Waals surface area (Å²) in [6.45, 7) is 0. The van der Waals surface area contributed by atoms with Gasteiger partial charge in [0, 0.05) is 10.2 Å². The van der Waals surface area contributed by atoms with Gasteiger partial charge < -0.3 is 15.4 Å². The lowest BCUT2D eigenvalue weighted by molar-refractivity contribution is 0.166. The molecule has 0 saturated heterocycles. The smallest absolute Gasteiger partial charge is 0.408 e. The number of carbonyl (C=O) groups is 1. The van der Waals surface area contributed by atoms with E-state index in [1.165, 1.54) is 7.11 Å². The molecule has 1 aromatic rings. The van der Waals surface area contributed by atoms with Crippen LogP contribution >= 0.6 is 63.0 Å². The maximum Gasteiger partial charge on any atom is 0.408 e. The molecule has 1 atom stereocenters. The molecule has 0 spiro atoms. The van der Waals surface area contributed by atoms with Crippen molar-refractivity contribution in [3.8, 4) is 0 Å². The fourth-order valence-electron chi connectivity index (χ4n) is 1.21. The summed E-state index contributed by atoms with van der Waals surface area (Å²) in [4.78, 5) is 11.2. The predicted molar refractivity (Wildman–Crippen MR) is 93.1 cm³/mol. The van der Waals surface area contributed by atoms with E-state index in [0.717, 1.165) is 10.2 Å². The monoisotopic (exact) mass is 433 g/mol. The maximum absolute atomic E-state index is 11.2. The van der Waals surface area contributed by atoms with Crippen molar-refractivity contribution in [2.24, 2.45) is 0 Å². The summed E-state index contributed by atoms with van der Waals surface area (Å²) in [6, 6.07) is 7.28. The second-order valence-corrected chi connectivity index (χ2v) is 7.41. The number of nitrogens with one attached hydrogen (secondary N) is 3. The highest BCUT2D eigenvalue weighted by Crippen LogP contribution is 2.29. The van der Waals surface area contributed by atoms with Gasteiger partial charge in [0.1, 0.15) is 0 Å². The molecule has 0 aliphatic heterocycles. The number of alkyl carbamates (subject to hydrolysis) is 1. The lowest BCUT2D eigenvalue weighted by atomic mass is 10.3. The van der Waals surface area contributed by atoms with Crippen molar-refractivity contribution < 1.29 is 9.53 Å². The van der Waals surface area contributed by atoms with Gasteiger partial charge in [-0.1, -0.05) is 50.7 Å². The Hall–Kier alpha value is -0.470. The number of hydrogen-bond acceptors (Lipinski definition) is 3. The Bertz CT molecular complexity index is 510. The first-order valence-corrected chi connectivity index (χ1v) is 7.80. The molecule has 21 heavy (non-hydrogen) atoms. The summed E-state index contributed by atoms with van der Waals surface area (Å²) in [6.07, 6.45) is -1.82. The van der Waals surface area contributed by atoms with Crippen molar-refractivity contribution in [2.75, 3.05) is 12.4 Å². The van der Waals surface area contributed by atoms with E-state index in [2.05, 4.69) is 36.6 Å². The maximum atomic E-state index is 11.2. The highest BCUT2D eigenvalue weighted by atomic mass is 79.9. The third kappa shape index (κ3) is 6.88. The van der Waals surface area contributed by atoms with E-state index in [1.807, 2.05) is 12.1 Å². The molecule has 10 heteroatoms. The van der Waals surface area contributed by atoms with Crippen LogP contribution in [0.15, 0.2) is 28.7 Å². The second-order valence-electron chi connectivity index (χ2n) is 3.72. The summed E-state index contributed by atoms with van der Waals surface area (Å²) in [7, 11) is 1.20. The van der Waals surface area contributed by atoms with E-state index < -0.39 is 16.1 Å². The molecule has 0 heterocycles. The van der Waals surface area contributed by atoms with Crippen molar-refractivity contribution in [1.29, 1.82) is 0 Å². The number of methoxy groups -OCH3 is 1. The quantitative estimate of drug-likeness (QED) is 0.383. The minimum Gasteiger partial charge on any atom is -0.453 e. The first-order chi connectivity index (χ1) is 9.72. The van der Waals surface area contributed by atoms with Gasteiger partial charge in [0.05, 0.1) is 7.11 Å². The molecular formula is C11H11BrCl3N3O2S. The predicted octanol–water partition coefficient (Wildman–Crippen LogP) is 3.79. The Morgan fingerprint density at radius 1 is 1.29 bits per heavy atom. The second kappa shape index (κ2) is 8.24. The number of ether oxygens (including phenoxy) is 1. The SMILES string of the molecule is COC(=O)N[C@H](NC(=S)Nc1ccc(Br)cc1)C(Cl)(Cl)Cl. The number of amides is 1. The lowest BCUT2D eigenvalue weighted by Gasteiger charge is -2.27. The molecule has 0 aromatic heterocycles. The van der Waals surface area contributed by atoms with Gasteiger partial charge in [0.15, 0.2) is 11.3 Å². The third-order valence-electron chi connectivity index (χ3n) is 2.15. The molecule has 0 radical (unpaired) electrons. The van der Waals surface area contributed by atoms with Crippen LogP contribution in [0.2, 0.25) is 0 Å². The van der Waals surface area contributed by atoms with Gasteiger partial charge in [-0.3, -0.25) is 5.32 Å². The largest absolute Gasteiger partial charge is 0.453 e. The van der Waals surface area contributed by atoms with Crippen LogP contribution in [0, 0.1) is 0 Å². The van der Waals surface area contributed by atoms with Crippen LogP contribution in [0.5, 0.6) is 0 Å². The normalized spacial score (nSPS) is 12.2. The number of thiocarbonyl (C=S) groups is 1. The van der Waals surface area contributed by atoms with Gasteiger partial charge in [-0.25, -0.2) is 4.79 Å². The standard InChI is InChI=1S/C11H11BrCl3N3O2S/c1-20-10(19)18-8(11(13,14)15)17-9(21)16-7-4-2-6(12)3-5-7/h2-5,8H,1H3,(H,18,19)(H2,16,17,21)/t8-/m0/s1. The summed E-state index contributed by atoms with van der Waals surface area (Å²) in [5.74, 6) is 0. The van der Waals surface area contributed by atoms with Crippen LogP contribution in [0.4, 0.5) is 10.5 Å². The molecule has 0 unspecified atom stereocenters. The summed E-state index contributed by atoms with van der Waals surface area (Å²) in [5, 5.41) is 8.08. The zero-order valence-electron chi connectivity index (χ0n) is 10.6. The number of halogens is 4. The number of benzene rings is 1. The van der Waals surface area contributed by atoms with Gasteiger partial charge in [-0.05, 0) is 36.5 Å². The number of anilines is 1. The van der Waals surface area contributed by atoms with Gasteiger partial charge in [0.25, 0.3) is 0 Å². The zero-order chi connectivity index (χ0) is 16.0. The number of carbonyl (C=O) groups excluding carboxylic acids is 1. The van der Waals surface area contributed by atoms with Crippen LogP contribution in [-0.2, 0) is 4.74 Å². The fraction of sp³-hybridized carbons (Fsp3) is 0.273. The first-order valence-electron chi connectivity index (χ1n) is 5.46. The van der Waals surface area contributed by atoms with Gasteiger partial charge in [0.2, 0.25) is 3.79 Å². The van der Waals surface area contributed by atoms with Crippen LogP contribution in [0.3, 0.4) is 0 Å². The van der Waals surface area contributed by atoms with E-state index in [1.54, 1.807) is 12.1 Å². The molecule has 0 aliphatic carbocycles. The van der Waals surface area contributed by atoms with Crippen LogP contribution in [-0.4, -0.2) is 28.3 Å². The highest BCUT2D eigenvalue weighted by Gasteiger charge is 2.34. The van der Waals surface area contributed by atoms with Gasteiger partial charge in [-0.2, -0.15) is 0 Å². The molecule has 1 amide bonds. The van der Waals surface area contributed by atoms with E-state index in [0.29, 0.717) is 0 Å². The van der Waals surface area contributed by atoms with E-state index in [4.69, 9.17) is 47.0 Å². The van der Waals surface area contributed by atoms with Crippen LogP contribution in [0.25, 0.3) is 0 Å². The highest BCUT2D eigenvalue weighted by molar-refractivity contribution is 9.10. The third-order valence-corrected chi connectivity index (χ3v) is 3.56. The van der Waals surface area contributed by atoms with Crippen molar-refractivity contribution in [2.45, 2.75) is 9.96 Å². The molecule has 0 saturated carbocycles. The van der Waals surface area contributed by atoms with Crippen molar-refractivity contribution in [3.05, 3.63) is 28.7 Å². The number of rotatable bonds is 3. The minimum absolute atomic E-state index is 0.171. The van der Waals surface area contributed by atoms with Crippen molar-refractivity contribution in [1.82, 2.24) is 10.6 Å². The molecule has 1 rings (SSSR count). The van der Waals surface area contributed by atoms with Crippen LogP contribution < -0.4 is 16.0 Å². The van der Waals surface area contributed by atoms with E-state index >= 15 is 0 Å². The first kappa shape index (κ1) is 18.6. The molecule has 1 aromatic carbocycles. The van der Waals surface area contributed by atoms with Gasteiger partial charge >= 0.3 is 6.09 Å². The number of hydrogen-bond donors (Lipinski definition) is 3. The number of alkyl halides is 3. The molecule has 0 fully saturated rings. The minimum atomic E-state index is -1.82. The average molecular weight is 436 g/mol. The molecule has 3 N–H and O–H groups in total. The Labute approximate surface area is 150 Å². The summed E-state index contributed by atoms with van der Waals surface area (Å²) in [5.41, 5.74) is 0.733. The Morgan fingerprint density at radius 2 is 1.86 bits per heavy atom. The average Bonchev–Trinajstić information content (AvgIpc) is 2.39. The summed E-state index contributed by atoms with van der Waals surface area (Å²) < 4.78 is 3.56. The molecular weight excluding hydrogens is 424 g/mol. The van der Waals surface area contributed by atoms with Gasteiger partial charge in [-0.15, -0.1) is 0 Å². The molecule has 5 nitrogen and oxygen atoms in total. The molecule has 0 bridgehead atoms. The van der Waals surface area contributed by atoms with E-state index in [-0.39, 0.29) is 5.11 Å². The zero-order valence-corrected chi connectivity index (χ0v) is 15.3. The van der Waals surface area contributed by atoms with Crippen LogP contribution in [0.1, 0.15) is 0 Å². The topological polar surface area (TPSA) is 62.4 Å². The lowest BCUT2D eigenvalue weighted by Crippen LogP contribution is -2.56. The Morgan fingerprint density at radius 3 is 2.33 bits per heavy atom. The van der Waals surface area contributed by atoms with E-state index in [9.17, 15) is 4.79 Å². The molecule has 116 valence electrons. The fourth-order valence-corrected chi connectivity index (χ4v) is 2.04. The summed E-state index contributed by atoms with van der Waals surface area (Å²) >= 11 is 25.7. The molecule has 0 aliphatic rings. The van der Waals surface area contributed by atoms with Crippen molar-refractivity contribution >= 4 is 79.8 Å².